The van der Waals surface area contributed by atoms with Gasteiger partial charge in [0.1, 0.15) is 41.8 Å². The lowest BCUT2D eigenvalue weighted by molar-refractivity contribution is -0.204. The Kier molecular flexibility index (Phi) is 4.94. The Labute approximate surface area is 178 Å². The number of ether oxygens (including phenoxy) is 4. The van der Waals surface area contributed by atoms with E-state index >= 15 is 0 Å². The highest BCUT2D eigenvalue weighted by Crippen LogP contribution is 2.49. The monoisotopic (exact) mass is 431 g/mol. The number of hydrogen-bond acceptors (Lipinski definition) is 9. The Morgan fingerprint density at radius 1 is 1.35 bits per heavy atom. The molecule has 4 rings (SSSR count). The van der Waals surface area contributed by atoms with Crippen molar-refractivity contribution in [3.05, 3.63) is 24.2 Å². The Balaban J connectivity index is 1.75. The number of aliphatic hydroxyl groups is 1. The maximum absolute atomic E-state index is 12.2. The number of amides is 1. The first kappa shape index (κ1) is 21.5. The van der Waals surface area contributed by atoms with Gasteiger partial charge in [-0.1, -0.05) is 0 Å². The average molecular weight is 431 g/mol. The van der Waals surface area contributed by atoms with Crippen molar-refractivity contribution < 1.29 is 28.8 Å². The second kappa shape index (κ2) is 7.13. The molecular formula is C20H25N5O6. The molecule has 166 valence electrons. The minimum atomic E-state index is -1.59. The molecule has 0 aromatic carbocycles. The number of aliphatic hydroxyl groups excluding tert-OH is 1. The standard InChI is InChI=1S/C20H25N5O6/c1-18(2,3)31-17(27)24-16-11-6-7-13(25(11)23-10-22-16)20(9-21)15-14(12(8-26)28-20)29-19(4,5)30-15/h6-7,10,12,14-15,26H,8H2,1-5H3,(H,22,23,24,27)/t12-,14-,15-,20+/m1/s1. The summed E-state index contributed by atoms with van der Waals surface area (Å²) in [5.41, 5.74) is -1.46. The lowest BCUT2D eigenvalue weighted by Crippen LogP contribution is -2.40. The predicted molar refractivity (Wildman–Crippen MR) is 106 cm³/mol. The number of anilines is 1. The molecule has 0 aliphatic carbocycles. The van der Waals surface area contributed by atoms with Crippen molar-refractivity contribution in [2.24, 2.45) is 0 Å². The molecule has 2 aromatic heterocycles. The van der Waals surface area contributed by atoms with Crippen LogP contribution in [0.4, 0.5) is 10.6 Å². The lowest BCUT2D eigenvalue weighted by Gasteiger charge is -2.28. The minimum absolute atomic E-state index is 0.209. The van der Waals surface area contributed by atoms with Crippen LogP contribution >= 0.6 is 0 Å². The fraction of sp³-hybridized carbons (Fsp3) is 0.600. The SMILES string of the molecule is CC(C)(C)OC(=O)Nc1ncnn2c([C@]3(C#N)O[C@H](CO)[C@H]4OC(C)(C)O[C@H]43)ccc12. The van der Waals surface area contributed by atoms with E-state index in [4.69, 9.17) is 18.9 Å². The van der Waals surface area contributed by atoms with Crippen molar-refractivity contribution in [3.8, 4) is 6.07 Å². The molecule has 11 nitrogen and oxygen atoms in total. The molecule has 0 bridgehead atoms. The van der Waals surface area contributed by atoms with Gasteiger partial charge in [0.15, 0.2) is 11.6 Å². The van der Waals surface area contributed by atoms with Crippen molar-refractivity contribution in [2.75, 3.05) is 11.9 Å². The van der Waals surface area contributed by atoms with E-state index in [1.165, 1.54) is 10.8 Å². The van der Waals surface area contributed by atoms with E-state index in [0.717, 1.165) is 0 Å². The van der Waals surface area contributed by atoms with Gasteiger partial charge in [-0.15, -0.1) is 0 Å². The van der Waals surface area contributed by atoms with Crippen LogP contribution in [-0.2, 0) is 24.5 Å². The first-order valence-electron chi connectivity index (χ1n) is 9.88. The van der Waals surface area contributed by atoms with Crippen molar-refractivity contribution in [1.29, 1.82) is 5.26 Å². The highest BCUT2D eigenvalue weighted by atomic mass is 16.8. The van der Waals surface area contributed by atoms with Crippen molar-refractivity contribution in [2.45, 2.75) is 69.9 Å². The highest BCUT2D eigenvalue weighted by molar-refractivity contribution is 5.89. The maximum Gasteiger partial charge on any atom is 0.413 e. The third-order valence-electron chi connectivity index (χ3n) is 5.03. The van der Waals surface area contributed by atoms with Crippen LogP contribution in [0.15, 0.2) is 18.5 Å². The van der Waals surface area contributed by atoms with Gasteiger partial charge >= 0.3 is 6.09 Å². The average Bonchev–Trinajstić information content (AvgIpc) is 3.31. The van der Waals surface area contributed by atoms with E-state index in [1.807, 2.05) is 0 Å². The third-order valence-corrected chi connectivity index (χ3v) is 5.03. The molecule has 2 saturated heterocycles. The van der Waals surface area contributed by atoms with Crippen molar-refractivity contribution in [1.82, 2.24) is 14.6 Å². The van der Waals surface area contributed by atoms with Crippen LogP contribution in [-0.4, -0.2) is 62.1 Å². The smallest absolute Gasteiger partial charge is 0.413 e. The van der Waals surface area contributed by atoms with Gasteiger partial charge in [-0.25, -0.2) is 14.3 Å². The highest BCUT2D eigenvalue weighted by Gasteiger charge is 2.65. The summed E-state index contributed by atoms with van der Waals surface area (Å²) in [5, 5.41) is 26.8. The summed E-state index contributed by atoms with van der Waals surface area (Å²) < 4.78 is 24.6. The Bertz CT molecular complexity index is 1050. The van der Waals surface area contributed by atoms with Crippen LogP contribution in [0, 0.1) is 11.3 Å². The first-order valence-corrected chi connectivity index (χ1v) is 9.88. The number of rotatable bonds is 3. The number of hydrogen-bond donors (Lipinski definition) is 2. The van der Waals surface area contributed by atoms with E-state index in [9.17, 15) is 15.2 Å². The molecule has 2 aliphatic heterocycles. The minimum Gasteiger partial charge on any atom is -0.444 e. The van der Waals surface area contributed by atoms with E-state index in [0.29, 0.717) is 11.2 Å². The fourth-order valence-electron chi connectivity index (χ4n) is 3.95. The Morgan fingerprint density at radius 3 is 2.74 bits per heavy atom. The number of carbonyl (C=O) groups is 1. The van der Waals surface area contributed by atoms with Crippen LogP contribution < -0.4 is 5.32 Å². The summed E-state index contributed by atoms with van der Waals surface area (Å²) in [6.45, 7) is 8.40. The summed E-state index contributed by atoms with van der Waals surface area (Å²) in [5.74, 6) is -0.735. The maximum atomic E-state index is 12.2. The van der Waals surface area contributed by atoms with Gasteiger partial charge in [0.05, 0.1) is 12.3 Å². The molecule has 0 saturated carbocycles. The molecule has 31 heavy (non-hydrogen) atoms. The summed E-state index contributed by atoms with van der Waals surface area (Å²) >= 11 is 0. The van der Waals surface area contributed by atoms with Crippen LogP contribution in [0.1, 0.15) is 40.3 Å². The van der Waals surface area contributed by atoms with Gasteiger partial charge in [0, 0.05) is 0 Å². The van der Waals surface area contributed by atoms with E-state index in [2.05, 4.69) is 21.5 Å². The molecule has 0 unspecified atom stereocenters. The van der Waals surface area contributed by atoms with Crippen molar-refractivity contribution >= 4 is 17.4 Å². The number of fused-ring (bicyclic) bond motifs is 2. The molecule has 2 aliphatic rings. The van der Waals surface area contributed by atoms with Crippen LogP contribution in [0.5, 0.6) is 0 Å². The molecular weight excluding hydrogens is 406 g/mol. The molecule has 1 amide bonds. The quantitative estimate of drug-likeness (QED) is 0.743. The summed E-state index contributed by atoms with van der Waals surface area (Å²) in [6, 6.07) is 5.52. The van der Waals surface area contributed by atoms with Gasteiger partial charge < -0.3 is 24.1 Å². The summed E-state index contributed by atoms with van der Waals surface area (Å²) in [4.78, 5) is 16.3. The van der Waals surface area contributed by atoms with Crippen molar-refractivity contribution in [3.63, 3.8) is 0 Å². The Morgan fingerprint density at radius 2 is 2.10 bits per heavy atom. The predicted octanol–water partition coefficient (Wildman–Crippen LogP) is 1.71. The van der Waals surface area contributed by atoms with Gasteiger partial charge in [0.2, 0.25) is 5.60 Å². The van der Waals surface area contributed by atoms with E-state index in [1.54, 1.807) is 46.8 Å². The molecule has 0 radical (unpaired) electrons. The van der Waals surface area contributed by atoms with E-state index < -0.39 is 41.4 Å². The zero-order valence-corrected chi connectivity index (χ0v) is 17.9. The van der Waals surface area contributed by atoms with Crippen LogP contribution in [0.2, 0.25) is 0 Å². The molecule has 4 heterocycles. The van der Waals surface area contributed by atoms with Gasteiger partial charge in [-0.05, 0) is 46.8 Å². The third kappa shape index (κ3) is 3.61. The fourth-order valence-corrected chi connectivity index (χ4v) is 3.95. The molecule has 2 N–H and O–H groups in total. The molecule has 4 atom stereocenters. The molecule has 11 heteroatoms. The van der Waals surface area contributed by atoms with E-state index in [-0.39, 0.29) is 12.4 Å². The largest absolute Gasteiger partial charge is 0.444 e. The number of nitriles is 1. The van der Waals surface area contributed by atoms with Crippen LogP contribution in [0.3, 0.4) is 0 Å². The molecule has 0 spiro atoms. The normalized spacial score (nSPS) is 29.5. The van der Waals surface area contributed by atoms with Gasteiger partial charge in [0.25, 0.3) is 0 Å². The molecule has 2 aromatic rings. The zero-order valence-electron chi connectivity index (χ0n) is 17.9. The zero-order chi connectivity index (χ0) is 22.6. The number of carbonyl (C=O) groups excluding carboxylic acids is 1. The lowest BCUT2D eigenvalue weighted by atomic mass is 9.92. The topological polar surface area (TPSA) is 140 Å². The Hall–Kier alpha value is -2.78. The second-order valence-corrected chi connectivity index (χ2v) is 8.96. The number of nitrogens with zero attached hydrogens (tertiary/aromatic N) is 4. The first-order chi connectivity index (χ1) is 14.5. The van der Waals surface area contributed by atoms with Crippen LogP contribution in [0.25, 0.3) is 5.52 Å². The number of aromatic nitrogens is 3. The summed E-state index contributed by atoms with van der Waals surface area (Å²) in [7, 11) is 0. The second-order valence-electron chi connectivity index (χ2n) is 8.96. The van der Waals surface area contributed by atoms with Gasteiger partial charge in [-0.3, -0.25) is 5.32 Å². The molecule has 2 fully saturated rings. The summed E-state index contributed by atoms with van der Waals surface area (Å²) in [6.07, 6.45) is -1.60. The number of nitrogens with one attached hydrogen (secondary N) is 1. The van der Waals surface area contributed by atoms with Gasteiger partial charge in [-0.2, -0.15) is 10.4 Å².